The summed E-state index contributed by atoms with van der Waals surface area (Å²) in [6.45, 7) is 2.68. The lowest BCUT2D eigenvalue weighted by Crippen LogP contribution is -2.45. The van der Waals surface area contributed by atoms with Gasteiger partial charge in [-0.2, -0.15) is 0 Å². The van der Waals surface area contributed by atoms with E-state index >= 15 is 0 Å². The van der Waals surface area contributed by atoms with Gasteiger partial charge in [-0.1, -0.05) is 18.9 Å². The molecule has 1 aliphatic rings. The summed E-state index contributed by atoms with van der Waals surface area (Å²) in [5.74, 6) is 0. The fourth-order valence-corrected chi connectivity index (χ4v) is 3.26. The molecule has 1 aromatic heterocycles. The highest BCUT2D eigenvalue weighted by atomic mass is 16.3. The van der Waals surface area contributed by atoms with Gasteiger partial charge in [-0.25, -0.2) is 0 Å². The zero-order valence-corrected chi connectivity index (χ0v) is 11.9. The van der Waals surface area contributed by atoms with E-state index in [4.69, 9.17) is 5.73 Å². The smallest absolute Gasteiger partial charge is 0.0774 e. The Labute approximate surface area is 115 Å². The Bertz CT molecular complexity index is 388. The highest BCUT2D eigenvalue weighted by molar-refractivity contribution is 5.16. The topological polar surface area (TPSA) is 62.4 Å². The summed E-state index contributed by atoms with van der Waals surface area (Å²) in [4.78, 5) is 6.35. The number of nitrogens with zero attached hydrogens (tertiary/aromatic N) is 2. The van der Waals surface area contributed by atoms with E-state index in [1.807, 2.05) is 26.2 Å². The second-order valence-corrected chi connectivity index (χ2v) is 5.94. The number of hydrogen-bond acceptors (Lipinski definition) is 4. The van der Waals surface area contributed by atoms with E-state index in [0.29, 0.717) is 6.54 Å². The average Bonchev–Trinajstić information content (AvgIpc) is 2.76. The maximum Gasteiger partial charge on any atom is 0.0774 e. The van der Waals surface area contributed by atoms with E-state index in [1.165, 1.54) is 0 Å². The summed E-state index contributed by atoms with van der Waals surface area (Å²) in [5.41, 5.74) is 6.71. The predicted octanol–water partition coefficient (Wildman–Crippen LogP) is 1.71. The number of rotatable bonds is 5. The van der Waals surface area contributed by atoms with Crippen LogP contribution in [0.1, 0.15) is 44.2 Å². The molecule has 1 aromatic rings. The van der Waals surface area contributed by atoms with E-state index in [0.717, 1.165) is 31.2 Å². The summed E-state index contributed by atoms with van der Waals surface area (Å²) in [5, 5.41) is 10.5. The quantitative estimate of drug-likeness (QED) is 0.849. The van der Waals surface area contributed by atoms with E-state index < -0.39 is 5.60 Å². The van der Waals surface area contributed by atoms with Crippen molar-refractivity contribution >= 4 is 0 Å². The van der Waals surface area contributed by atoms with Gasteiger partial charge in [0.2, 0.25) is 0 Å². The van der Waals surface area contributed by atoms with Crippen molar-refractivity contribution in [3.05, 3.63) is 30.1 Å². The normalized spacial score (nSPS) is 21.5. The summed E-state index contributed by atoms with van der Waals surface area (Å²) in [6, 6.07) is 4.08. The van der Waals surface area contributed by atoms with Crippen molar-refractivity contribution < 1.29 is 5.11 Å². The summed E-state index contributed by atoms with van der Waals surface area (Å²) >= 11 is 0. The molecule has 1 heterocycles. The number of pyridine rings is 1. The lowest BCUT2D eigenvalue weighted by Gasteiger charge is -2.36. The molecule has 0 saturated heterocycles. The minimum absolute atomic E-state index is 0.000738. The molecule has 0 aromatic carbocycles. The second-order valence-electron chi connectivity index (χ2n) is 5.94. The minimum Gasteiger partial charge on any atom is -0.389 e. The minimum atomic E-state index is -0.538. The zero-order chi connectivity index (χ0) is 13.9. The summed E-state index contributed by atoms with van der Waals surface area (Å²) in [7, 11) is 2.04. The molecule has 0 spiro atoms. The predicted molar refractivity (Wildman–Crippen MR) is 76.7 cm³/mol. The molecule has 3 N–H and O–H groups in total. The van der Waals surface area contributed by atoms with Crippen LogP contribution < -0.4 is 5.73 Å². The molecule has 2 unspecified atom stereocenters. The Morgan fingerprint density at radius 3 is 2.68 bits per heavy atom. The van der Waals surface area contributed by atoms with Gasteiger partial charge in [0.15, 0.2) is 0 Å². The van der Waals surface area contributed by atoms with E-state index in [9.17, 15) is 5.11 Å². The molecule has 1 aliphatic carbocycles. The SMILES string of the molecule is CC(N)C(c1cccnc1)N(C)CC1(O)CCCC1. The number of aliphatic hydroxyl groups is 1. The van der Waals surface area contributed by atoms with Crippen LogP contribution in [-0.2, 0) is 0 Å². The van der Waals surface area contributed by atoms with Crippen LogP contribution in [0.3, 0.4) is 0 Å². The van der Waals surface area contributed by atoms with Crippen molar-refractivity contribution in [1.82, 2.24) is 9.88 Å². The second kappa shape index (κ2) is 5.99. The lowest BCUT2D eigenvalue weighted by molar-refractivity contribution is 0.00249. The van der Waals surface area contributed by atoms with Gasteiger partial charge in [-0.3, -0.25) is 9.88 Å². The molecule has 106 valence electrons. The monoisotopic (exact) mass is 263 g/mol. The fraction of sp³-hybridized carbons (Fsp3) is 0.667. The molecule has 1 saturated carbocycles. The van der Waals surface area contributed by atoms with Gasteiger partial charge in [0.05, 0.1) is 11.6 Å². The van der Waals surface area contributed by atoms with E-state index in [-0.39, 0.29) is 12.1 Å². The summed E-state index contributed by atoms with van der Waals surface area (Å²) < 4.78 is 0. The third-order valence-electron chi connectivity index (χ3n) is 4.08. The molecule has 1 fully saturated rings. The van der Waals surface area contributed by atoms with Crippen LogP contribution in [-0.4, -0.2) is 40.2 Å². The molecule has 0 radical (unpaired) electrons. The van der Waals surface area contributed by atoms with Gasteiger partial charge >= 0.3 is 0 Å². The van der Waals surface area contributed by atoms with Gasteiger partial charge in [-0.15, -0.1) is 0 Å². The van der Waals surface area contributed by atoms with Crippen LogP contribution in [0.4, 0.5) is 0 Å². The number of likely N-dealkylation sites (N-methyl/N-ethyl adjacent to an activating group) is 1. The van der Waals surface area contributed by atoms with Crippen molar-refractivity contribution in [2.45, 2.75) is 50.3 Å². The van der Waals surface area contributed by atoms with Gasteiger partial charge in [0.25, 0.3) is 0 Å². The van der Waals surface area contributed by atoms with Crippen LogP contribution in [0.15, 0.2) is 24.5 Å². The molecule has 4 nitrogen and oxygen atoms in total. The zero-order valence-electron chi connectivity index (χ0n) is 11.9. The molecule has 2 rings (SSSR count). The number of hydrogen-bond donors (Lipinski definition) is 2. The first-order valence-electron chi connectivity index (χ1n) is 7.10. The van der Waals surface area contributed by atoms with E-state index in [1.54, 1.807) is 6.20 Å². The Morgan fingerprint density at radius 2 is 2.16 bits per heavy atom. The number of nitrogens with two attached hydrogens (primary N) is 1. The van der Waals surface area contributed by atoms with Gasteiger partial charge < -0.3 is 10.8 Å². The fourth-order valence-electron chi connectivity index (χ4n) is 3.26. The van der Waals surface area contributed by atoms with Crippen LogP contribution in [0.25, 0.3) is 0 Å². The Morgan fingerprint density at radius 1 is 1.47 bits per heavy atom. The molecule has 0 aliphatic heterocycles. The first kappa shape index (κ1) is 14.4. The van der Waals surface area contributed by atoms with Crippen molar-refractivity contribution in [1.29, 1.82) is 0 Å². The van der Waals surface area contributed by atoms with Crippen LogP contribution in [0.2, 0.25) is 0 Å². The first-order valence-corrected chi connectivity index (χ1v) is 7.10. The number of aromatic nitrogens is 1. The van der Waals surface area contributed by atoms with Gasteiger partial charge in [0.1, 0.15) is 0 Å². The Hall–Kier alpha value is -0.970. The molecular formula is C15H25N3O. The standard InChI is InChI=1S/C15H25N3O/c1-12(16)14(13-6-5-9-17-10-13)18(2)11-15(19)7-3-4-8-15/h5-6,9-10,12,14,19H,3-4,7-8,11,16H2,1-2H3. The van der Waals surface area contributed by atoms with Crippen LogP contribution in [0.5, 0.6) is 0 Å². The Kier molecular flexibility index (Phi) is 4.55. The Balaban J connectivity index is 2.11. The van der Waals surface area contributed by atoms with Crippen molar-refractivity contribution in [3.63, 3.8) is 0 Å². The van der Waals surface area contributed by atoms with Crippen LogP contribution in [0, 0.1) is 0 Å². The largest absolute Gasteiger partial charge is 0.389 e. The molecular weight excluding hydrogens is 238 g/mol. The third-order valence-corrected chi connectivity index (χ3v) is 4.08. The highest BCUT2D eigenvalue weighted by Crippen LogP contribution is 2.32. The third kappa shape index (κ3) is 3.53. The highest BCUT2D eigenvalue weighted by Gasteiger charge is 2.34. The van der Waals surface area contributed by atoms with Crippen molar-refractivity contribution in [2.75, 3.05) is 13.6 Å². The molecule has 2 atom stereocenters. The van der Waals surface area contributed by atoms with Gasteiger partial charge in [0, 0.05) is 25.0 Å². The molecule has 19 heavy (non-hydrogen) atoms. The molecule has 4 heteroatoms. The maximum absolute atomic E-state index is 10.5. The van der Waals surface area contributed by atoms with E-state index in [2.05, 4.69) is 16.0 Å². The molecule has 0 bridgehead atoms. The average molecular weight is 263 g/mol. The van der Waals surface area contributed by atoms with Crippen molar-refractivity contribution in [3.8, 4) is 0 Å². The molecule has 0 amide bonds. The first-order chi connectivity index (χ1) is 9.02. The van der Waals surface area contributed by atoms with Crippen LogP contribution >= 0.6 is 0 Å². The van der Waals surface area contributed by atoms with Crippen molar-refractivity contribution in [2.24, 2.45) is 5.73 Å². The maximum atomic E-state index is 10.5. The summed E-state index contributed by atoms with van der Waals surface area (Å²) in [6.07, 6.45) is 7.68. The lowest BCUT2D eigenvalue weighted by atomic mass is 9.97. The van der Waals surface area contributed by atoms with Gasteiger partial charge in [-0.05, 0) is 38.4 Å².